The molecular formula is C12H17N3O3S. The van der Waals surface area contributed by atoms with E-state index >= 15 is 0 Å². The molecule has 2 amide bonds. The van der Waals surface area contributed by atoms with Crippen molar-refractivity contribution in [3.63, 3.8) is 0 Å². The van der Waals surface area contributed by atoms with Crippen molar-refractivity contribution in [2.45, 2.75) is 26.7 Å². The van der Waals surface area contributed by atoms with Gasteiger partial charge < -0.3 is 10.0 Å². The number of carbonyl (C=O) groups is 2. The van der Waals surface area contributed by atoms with Crippen LogP contribution < -0.4 is 5.32 Å². The number of urea groups is 1. The number of nitrogens with one attached hydrogen (secondary N) is 1. The molecule has 1 unspecified atom stereocenters. The maximum atomic E-state index is 12.1. The third-order valence-electron chi connectivity index (χ3n) is 3.33. The van der Waals surface area contributed by atoms with Gasteiger partial charge in [0.1, 0.15) is 0 Å². The molecule has 1 fully saturated rings. The lowest BCUT2D eigenvalue weighted by Crippen LogP contribution is -2.49. The van der Waals surface area contributed by atoms with Crippen molar-refractivity contribution in [3.8, 4) is 0 Å². The second kappa shape index (κ2) is 5.16. The summed E-state index contributed by atoms with van der Waals surface area (Å²) < 4.78 is 0. The summed E-state index contributed by atoms with van der Waals surface area (Å²) in [5, 5.41) is 14.3. The Morgan fingerprint density at radius 3 is 2.89 bits per heavy atom. The van der Waals surface area contributed by atoms with Crippen LogP contribution in [-0.2, 0) is 4.79 Å². The third-order valence-corrected chi connectivity index (χ3v) is 4.21. The molecule has 1 atom stereocenters. The van der Waals surface area contributed by atoms with E-state index in [9.17, 15) is 14.7 Å². The van der Waals surface area contributed by atoms with E-state index in [1.807, 2.05) is 12.3 Å². The van der Waals surface area contributed by atoms with Crippen LogP contribution in [0.4, 0.5) is 9.93 Å². The number of hydrogen-bond acceptors (Lipinski definition) is 4. The lowest BCUT2D eigenvalue weighted by Gasteiger charge is -2.37. The molecule has 0 saturated carbocycles. The van der Waals surface area contributed by atoms with Crippen LogP contribution in [0.25, 0.3) is 0 Å². The zero-order chi connectivity index (χ0) is 14.0. The lowest BCUT2D eigenvalue weighted by atomic mass is 9.82. The van der Waals surface area contributed by atoms with Crippen LogP contribution in [0.2, 0.25) is 0 Å². The Hall–Kier alpha value is -1.63. The van der Waals surface area contributed by atoms with Crippen LogP contribution in [0.1, 0.15) is 25.5 Å². The monoisotopic (exact) mass is 283 g/mol. The van der Waals surface area contributed by atoms with E-state index in [1.165, 1.54) is 11.3 Å². The fourth-order valence-electron chi connectivity index (χ4n) is 2.17. The molecule has 1 aromatic heterocycles. The SMILES string of the molecule is Cc1csc(NC(=O)N2CCCC(C)(C(=O)O)C2)n1. The highest BCUT2D eigenvalue weighted by Crippen LogP contribution is 2.30. The first-order valence-corrected chi connectivity index (χ1v) is 7.00. The average Bonchev–Trinajstić information content (AvgIpc) is 2.74. The van der Waals surface area contributed by atoms with Gasteiger partial charge in [-0.25, -0.2) is 9.78 Å². The van der Waals surface area contributed by atoms with E-state index in [4.69, 9.17) is 0 Å². The quantitative estimate of drug-likeness (QED) is 0.871. The largest absolute Gasteiger partial charge is 0.481 e. The number of likely N-dealkylation sites (tertiary alicyclic amines) is 1. The normalized spacial score (nSPS) is 23.2. The Labute approximate surface area is 115 Å². The number of piperidine rings is 1. The van der Waals surface area contributed by atoms with Crippen molar-refractivity contribution in [1.29, 1.82) is 0 Å². The summed E-state index contributed by atoms with van der Waals surface area (Å²) in [7, 11) is 0. The molecule has 0 spiro atoms. The highest BCUT2D eigenvalue weighted by Gasteiger charge is 2.39. The van der Waals surface area contributed by atoms with E-state index in [-0.39, 0.29) is 12.6 Å². The highest BCUT2D eigenvalue weighted by molar-refractivity contribution is 7.13. The minimum absolute atomic E-state index is 0.235. The Morgan fingerprint density at radius 1 is 1.58 bits per heavy atom. The van der Waals surface area contributed by atoms with Crippen molar-refractivity contribution >= 4 is 28.5 Å². The molecule has 0 bridgehead atoms. The van der Waals surface area contributed by atoms with Crippen LogP contribution in [0.15, 0.2) is 5.38 Å². The Balaban J connectivity index is 2.01. The van der Waals surface area contributed by atoms with Crippen LogP contribution in [0.5, 0.6) is 0 Å². The number of carboxylic acids is 1. The molecule has 0 aliphatic carbocycles. The molecule has 2 rings (SSSR count). The third kappa shape index (κ3) is 3.04. The van der Waals surface area contributed by atoms with Gasteiger partial charge in [0, 0.05) is 18.5 Å². The molecule has 1 aliphatic heterocycles. The van der Waals surface area contributed by atoms with E-state index in [1.54, 1.807) is 11.8 Å². The van der Waals surface area contributed by atoms with Crippen molar-refractivity contribution in [1.82, 2.24) is 9.88 Å². The number of amides is 2. The number of hydrogen-bond donors (Lipinski definition) is 2. The molecule has 19 heavy (non-hydrogen) atoms. The van der Waals surface area contributed by atoms with Gasteiger partial charge in [0.15, 0.2) is 5.13 Å². The number of anilines is 1. The molecule has 0 radical (unpaired) electrons. The molecule has 7 heteroatoms. The Kier molecular flexibility index (Phi) is 3.75. The highest BCUT2D eigenvalue weighted by atomic mass is 32.1. The first-order valence-electron chi connectivity index (χ1n) is 6.12. The van der Waals surface area contributed by atoms with Crippen molar-refractivity contribution in [2.75, 3.05) is 18.4 Å². The predicted octanol–water partition coefficient (Wildman–Crippen LogP) is 2.17. The van der Waals surface area contributed by atoms with Gasteiger partial charge in [-0.2, -0.15) is 0 Å². The molecule has 0 aromatic carbocycles. The minimum Gasteiger partial charge on any atom is -0.481 e. The number of aliphatic carboxylic acids is 1. The summed E-state index contributed by atoms with van der Waals surface area (Å²) in [5.74, 6) is -0.852. The van der Waals surface area contributed by atoms with Crippen LogP contribution in [0.3, 0.4) is 0 Å². The number of thiazole rings is 1. The molecule has 1 saturated heterocycles. The predicted molar refractivity (Wildman–Crippen MR) is 72.4 cm³/mol. The average molecular weight is 283 g/mol. The maximum absolute atomic E-state index is 12.1. The molecule has 1 aromatic rings. The Bertz CT molecular complexity index is 502. The smallest absolute Gasteiger partial charge is 0.323 e. The van der Waals surface area contributed by atoms with Gasteiger partial charge >= 0.3 is 12.0 Å². The molecule has 2 heterocycles. The van der Waals surface area contributed by atoms with E-state index in [0.29, 0.717) is 24.5 Å². The van der Waals surface area contributed by atoms with Gasteiger partial charge in [0.25, 0.3) is 0 Å². The first-order chi connectivity index (χ1) is 8.90. The first kappa shape index (κ1) is 13.8. The fraction of sp³-hybridized carbons (Fsp3) is 0.583. The van der Waals surface area contributed by atoms with Gasteiger partial charge in [-0.3, -0.25) is 10.1 Å². The number of nitrogens with zero attached hydrogens (tertiary/aromatic N) is 2. The summed E-state index contributed by atoms with van der Waals surface area (Å²) in [5.41, 5.74) is 0.00306. The van der Waals surface area contributed by atoms with Gasteiger partial charge in [-0.1, -0.05) is 0 Å². The molecule has 104 valence electrons. The zero-order valence-electron chi connectivity index (χ0n) is 11.0. The number of aryl methyl sites for hydroxylation is 1. The molecule has 2 N–H and O–H groups in total. The van der Waals surface area contributed by atoms with Gasteiger partial charge in [0.2, 0.25) is 0 Å². The summed E-state index contributed by atoms with van der Waals surface area (Å²) in [6, 6.07) is -0.276. The topological polar surface area (TPSA) is 82.5 Å². The number of carbonyl (C=O) groups excluding carboxylic acids is 1. The molecular weight excluding hydrogens is 266 g/mol. The summed E-state index contributed by atoms with van der Waals surface area (Å²) in [6.07, 6.45) is 1.30. The zero-order valence-corrected chi connectivity index (χ0v) is 11.8. The summed E-state index contributed by atoms with van der Waals surface area (Å²) in [4.78, 5) is 29.0. The van der Waals surface area contributed by atoms with E-state index in [0.717, 1.165) is 5.69 Å². The van der Waals surface area contributed by atoms with Crippen LogP contribution in [0, 0.1) is 12.3 Å². The van der Waals surface area contributed by atoms with Crippen LogP contribution in [-0.4, -0.2) is 40.1 Å². The van der Waals surface area contributed by atoms with Crippen molar-refractivity contribution < 1.29 is 14.7 Å². The standard InChI is InChI=1S/C12H17N3O3S/c1-8-6-19-10(13-8)14-11(18)15-5-3-4-12(2,7-15)9(16)17/h6H,3-5,7H2,1-2H3,(H,16,17)(H,13,14,18). The second-order valence-corrected chi connectivity index (χ2v) is 5.97. The number of carboxylic acid groups (broad SMARTS) is 1. The van der Waals surface area contributed by atoms with E-state index < -0.39 is 11.4 Å². The molecule has 6 nitrogen and oxygen atoms in total. The van der Waals surface area contributed by atoms with E-state index in [2.05, 4.69) is 10.3 Å². The fourth-order valence-corrected chi connectivity index (χ4v) is 2.85. The van der Waals surface area contributed by atoms with Crippen molar-refractivity contribution in [3.05, 3.63) is 11.1 Å². The maximum Gasteiger partial charge on any atom is 0.323 e. The minimum atomic E-state index is -0.853. The molecule has 1 aliphatic rings. The number of aromatic nitrogens is 1. The second-order valence-electron chi connectivity index (χ2n) is 5.12. The van der Waals surface area contributed by atoms with Crippen LogP contribution >= 0.6 is 11.3 Å². The number of rotatable bonds is 2. The summed E-state index contributed by atoms with van der Waals surface area (Å²) >= 11 is 1.36. The summed E-state index contributed by atoms with van der Waals surface area (Å²) in [6.45, 7) is 4.36. The Morgan fingerprint density at radius 2 is 2.32 bits per heavy atom. The lowest BCUT2D eigenvalue weighted by molar-refractivity contribution is -0.150. The van der Waals surface area contributed by atoms with Gasteiger partial charge in [-0.15, -0.1) is 11.3 Å². The van der Waals surface area contributed by atoms with Gasteiger partial charge in [-0.05, 0) is 26.7 Å². The van der Waals surface area contributed by atoms with Gasteiger partial charge in [0.05, 0.1) is 11.1 Å². The van der Waals surface area contributed by atoms with Crippen molar-refractivity contribution in [2.24, 2.45) is 5.41 Å².